The van der Waals surface area contributed by atoms with Gasteiger partial charge >= 0.3 is 0 Å². The molecule has 0 atom stereocenters. The summed E-state index contributed by atoms with van der Waals surface area (Å²) < 4.78 is 13.6. The summed E-state index contributed by atoms with van der Waals surface area (Å²) in [6.45, 7) is 0. The third-order valence-electron chi connectivity index (χ3n) is 3.30. The molecule has 0 saturated heterocycles. The summed E-state index contributed by atoms with van der Waals surface area (Å²) in [5.74, 6) is -0.573. The van der Waals surface area contributed by atoms with E-state index in [-0.39, 0.29) is 11.7 Å². The van der Waals surface area contributed by atoms with Gasteiger partial charge in [-0.25, -0.2) is 4.39 Å². The first-order valence-corrected chi connectivity index (χ1v) is 6.96. The number of rotatable bonds is 3. The zero-order valence-corrected chi connectivity index (χ0v) is 11.8. The van der Waals surface area contributed by atoms with E-state index in [1.54, 1.807) is 24.3 Å². The number of carbonyl (C=O) groups excluding carboxylic acids is 1. The molecule has 0 aromatic heterocycles. The predicted molar refractivity (Wildman–Crippen MR) is 85.8 cm³/mol. The van der Waals surface area contributed by atoms with Crippen molar-refractivity contribution in [3.05, 3.63) is 96.3 Å². The van der Waals surface area contributed by atoms with E-state index in [0.29, 0.717) is 16.9 Å². The normalized spacial score (nSPS) is 10.2. The minimum Gasteiger partial charge on any atom is -0.277 e. The Hall–Kier alpha value is -2.94. The molecule has 0 bridgehead atoms. The second-order valence-electron chi connectivity index (χ2n) is 4.82. The van der Waals surface area contributed by atoms with Crippen molar-refractivity contribution in [2.45, 2.75) is 0 Å². The Morgan fingerprint density at radius 1 is 0.727 bits per heavy atom. The topological polar surface area (TPSA) is 20.3 Å². The number of nitrogens with zero attached hydrogens (tertiary/aromatic N) is 1. The second kappa shape index (κ2) is 6.22. The highest BCUT2D eigenvalue weighted by Crippen LogP contribution is 2.27. The van der Waals surface area contributed by atoms with Gasteiger partial charge in [-0.05, 0) is 42.5 Å². The standard InChI is InChI=1S/C19H14FNO/c20-16-10-7-13-18(14-16)21(17-11-5-2-6-12-17)19(22)15-8-3-1-4-9-15/h1-14H. The van der Waals surface area contributed by atoms with Crippen molar-refractivity contribution in [1.82, 2.24) is 0 Å². The largest absolute Gasteiger partial charge is 0.277 e. The molecule has 22 heavy (non-hydrogen) atoms. The maximum atomic E-state index is 13.6. The molecular weight excluding hydrogens is 277 g/mol. The molecule has 0 radical (unpaired) electrons. The van der Waals surface area contributed by atoms with Crippen molar-refractivity contribution in [2.24, 2.45) is 0 Å². The number of para-hydroxylation sites is 1. The average molecular weight is 291 g/mol. The lowest BCUT2D eigenvalue weighted by molar-refractivity contribution is 0.0999. The quantitative estimate of drug-likeness (QED) is 0.678. The first kappa shape index (κ1) is 14.0. The van der Waals surface area contributed by atoms with E-state index in [1.165, 1.54) is 17.0 Å². The lowest BCUT2D eigenvalue weighted by Gasteiger charge is -2.23. The second-order valence-corrected chi connectivity index (χ2v) is 4.82. The van der Waals surface area contributed by atoms with Crippen molar-refractivity contribution in [1.29, 1.82) is 0 Å². The third kappa shape index (κ3) is 2.88. The Kier molecular flexibility index (Phi) is 3.97. The van der Waals surface area contributed by atoms with Gasteiger partial charge in [-0.15, -0.1) is 0 Å². The van der Waals surface area contributed by atoms with Crippen LogP contribution < -0.4 is 4.90 Å². The van der Waals surface area contributed by atoms with Crippen molar-refractivity contribution in [2.75, 3.05) is 4.90 Å². The van der Waals surface area contributed by atoms with Crippen LogP contribution in [0.4, 0.5) is 15.8 Å². The molecule has 0 aliphatic heterocycles. The number of hydrogen-bond acceptors (Lipinski definition) is 1. The molecule has 0 aliphatic carbocycles. The number of halogens is 1. The fourth-order valence-corrected chi connectivity index (χ4v) is 2.29. The van der Waals surface area contributed by atoms with E-state index in [0.717, 1.165) is 0 Å². The molecule has 0 unspecified atom stereocenters. The van der Waals surface area contributed by atoms with Gasteiger partial charge in [0.05, 0.1) is 5.69 Å². The maximum Gasteiger partial charge on any atom is 0.262 e. The zero-order valence-electron chi connectivity index (χ0n) is 11.8. The number of amides is 1. The van der Waals surface area contributed by atoms with Crippen molar-refractivity contribution in [3.63, 3.8) is 0 Å². The number of anilines is 2. The lowest BCUT2D eigenvalue weighted by atomic mass is 10.1. The van der Waals surface area contributed by atoms with Gasteiger partial charge in [-0.1, -0.05) is 42.5 Å². The van der Waals surface area contributed by atoms with Gasteiger partial charge in [0.15, 0.2) is 0 Å². The van der Waals surface area contributed by atoms with Gasteiger partial charge in [0.2, 0.25) is 0 Å². The molecular formula is C19H14FNO. The molecule has 0 fully saturated rings. The first-order valence-electron chi connectivity index (χ1n) is 6.96. The van der Waals surface area contributed by atoms with Crippen LogP contribution in [0.1, 0.15) is 10.4 Å². The van der Waals surface area contributed by atoms with Crippen LogP contribution in [-0.2, 0) is 0 Å². The molecule has 3 heteroatoms. The van der Waals surface area contributed by atoms with Crippen molar-refractivity contribution < 1.29 is 9.18 Å². The van der Waals surface area contributed by atoms with E-state index in [4.69, 9.17) is 0 Å². The van der Waals surface area contributed by atoms with Gasteiger partial charge in [0.25, 0.3) is 5.91 Å². The third-order valence-corrected chi connectivity index (χ3v) is 3.30. The molecule has 1 amide bonds. The summed E-state index contributed by atoms with van der Waals surface area (Å²) in [5, 5.41) is 0. The van der Waals surface area contributed by atoms with Crippen LogP contribution in [0.5, 0.6) is 0 Å². The minimum atomic E-state index is -0.376. The zero-order chi connectivity index (χ0) is 15.4. The number of hydrogen-bond donors (Lipinski definition) is 0. The molecule has 0 N–H and O–H groups in total. The highest BCUT2D eigenvalue weighted by molar-refractivity contribution is 6.10. The van der Waals surface area contributed by atoms with E-state index in [1.807, 2.05) is 48.5 Å². The van der Waals surface area contributed by atoms with E-state index < -0.39 is 0 Å². The van der Waals surface area contributed by atoms with Crippen molar-refractivity contribution in [3.8, 4) is 0 Å². The monoisotopic (exact) mass is 291 g/mol. The van der Waals surface area contributed by atoms with Crippen LogP contribution in [0.2, 0.25) is 0 Å². The lowest BCUT2D eigenvalue weighted by Crippen LogP contribution is -2.25. The molecule has 0 aliphatic rings. The summed E-state index contributed by atoms with van der Waals surface area (Å²) in [4.78, 5) is 14.4. The Balaban J connectivity index is 2.10. The smallest absolute Gasteiger partial charge is 0.262 e. The van der Waals surface area contributed by atoms with Gasteiger partial charge in [0.1, 0.15) is 5.82 Å². The van der Waals surface area contributed by atoms with Crippen LogP contribution in [0.3, 0.4) is 0 Å². The summed E-state index contributed by atoms with van der Waals surface area (Å²) in [7, 11) is 0. The SMILES string of the molecule is O=C(c1ccccc1)N(c1ccccc1)c1cccc(F)c1. The predicted octanol–water partition coefficient (Wildman–Crippen LogP) is 4.80. The summed E-state index contributed by atoms with van der Waals surface area (Å²) in [6, 6.07) is 24.2. The van der Waals surface area contributed by atoms with Crippen LogP contribution >= 0.6 is 0 Å². The highest BCUT2D eigenvalue weighted by Gasteiger charge is 2.19. The molecule has 0 spiro atoms. The van der Waals surface area contributed by atoms with Gasteiger partial charge in [-0.2, -0.15) is 0 Å². The Morgan fingerprint density at radius 2 is 1.32 bits per heavy atom. The molecule has 2 nitrogen and oxygen atoms in total. The Bertz CT molecular complexity index is 772. The van der Waals surface area contributed by atoms with Crippen molar-refractivity contribution >= 4 is 17.3 Å². The van der Waals surface area contributed by atoms with E-state index >= 15 is 0 Å². The molecule has 3 rings (SSSR count). The van der Waals surface area contributed by atoms with Crippen LogP contribution in [-0.4, -0.2) is 5.91 Å². The maximum absolute atomic E-state index is 13.6. The number of carbonyl (C=O) groups is 1. The minimum absolute atomic E-state index is 0.197. The van der Waals surface area contributed by atoms with Gasteiger partial charge < -0.3 is 0 Å². The fourth-order valence-electron chi connectivity index (χ4n) is 2.29. The van der Waals surface area contributed by atoms with Crippen LogP contribution in [0.25, 0.3) is 0 Å². The first-order chi connectivity index (χ1) is 10.8. The Labute approximate surface area is 128 Å². The summed E-state index contributed by atoms with van der Waals surface area (Å²) >= 11 is 0. The van der Waals surface area contributed by atoms with E-state index in [2.05, 4.69) is 0 Å². The summed E-state index contributed by atoms with van der Waals surface area (Å²) in [5.41, 5.74) is 1.75. The van der Waals surface area contributed by atoms with Crippen LogP contribution in [0, 0.1) is 5.82 Å². The summed E-state index contributed by atoms with van der Waals surface area (Å²) in [6.07, 6.45) is 0. The van der Waals surface area contributed by atoms with Gasteiger partial charge in [-0.3, -0.25) is 9.69 Å². The molecule has 0 heterocycles. The fraction of sp³-hybridized carbons (Fsp3) is 0. The molecule has 108 valence electrons. The molecule has 0 saturated carbocycles. The van der Waals surface area contributed by atoms with E-state index in [9.17, 15) is 9.18 Å². The van der Waals surface area contributed by atoms with Crippen LogP contribution in [0.15, 0.2) is 84.9 Å². The number of benzene rings is 3. The average Bonchev–Trinajstić information content (AvgIpc) is 2.57. The Morgan fingerprint density at radius 3 is 1.95 bits per heavy atom. The molecule has 3 aromatic carbocycles. The highest BCUT2D eigenvalue weighted by atomic mass is 19.1. The molecule has 3 aromatic rings. The van der Waals surface area contributed by atoms with Gasteiger partial charge in [0, 0.05) is 11.3 Å².